The number of aliphatic hydroxyl groups excluding tert-OH is 1. The minimum Gasteiger partial charge on any atom is -0.465 e. The number of carbonyl (C=O) groups is 1. The molecule has 0 aliphatic rings. The third-order valence-corrected chi connectivity index (χ3v) is 1.58. The lowest BCUT2D eigenvalue weighted by molar-refractivity contribution is -0.152. The molecule has 0 aliphatic carbocycles. The van der Waals surface area contributed by atoms with Gasteiger partial charge in [-0.1, -0.05) is 0 Å². The van der Waals surface area contributed by atoms with Crippen molar-refractivity contribution in [3.8, 4) is 0 Å². The maximum atomic E-state index is 11.0. The number of esters is 1. The summed E-state index contributed by atoms with van der Waals surface area (Å²) >= 11 is 0. The predicted octanol–water partition coefficient (Wildman–Crippen LogP) is -0.352. The number of carbonyl (C=O) groups excluding carboxylic acids is 1. The Bertz CT molecular complexity index is 143. The average molecular weight is 161 g/mol. The normalized spacial score (nSPS) is 18.6. The van der Waals surface area contributed by atoms with E-state index in [0.29, 0.717) is 0 Å². The third kappa shape index (κ3) is 2.48. The lowest BCUT2D eigenvalue weighted by Crippen LogP contribution is -2.54. The summed E-state index contributed by atoms with van der Waals surface area (Å²) in [6.07, 6.45) is -0.901. The first-order chi connectivity index (χ1) is 4.92. The van der Waals surface area contributed by atoms with Crippen LogP contribution in [0.2, 0.25) is 0 Å². The van der Waals surface area contributed by atoms with Crippen molar-refractivity contribution in [2.24, 2.45) is 5.73 Å². The first-order valence-electron chi connectivity index (χ1n) is 3.57. The van der Waals surface area contributed by atoms with Crippen LogP contribution in [0.3, 0.4) is 0 Å². The second kappa shape index (κ2) is 3.69. The fourth-order valence-electron chi connectivity index (χ4n) is 0.457. The molecule has 4 heteroatoms. The van der Waals surface area contributed by atoms with Crippen molar-refractivity contribution in [1.29, 1.82) is 0 Å². The highest BCUT2D eigenvalue weighted by atomic mass is 16.5. The highest BCUT2D eigenvalue weighted by molar-refractivity contribution is 5.80. The highest BCUT2D eigenvalue weighted by Gasteiger charge is 2.34. The van der Waals surface area contributed by atoms with Crippen LogP contribution in [0.1, 0.15) is 20.8 Å². The van der Waals surface area contributed by atoms with Gasteiger partial charge in [-0.15, -0.1) is 0 Å². The molecule has 11 heavy (non-hydrogen) atoms. The molecule has 0 heterocycles. The molecule has 0 radical (unpaired) electrons. The second-order valence-corrected chi connectivity index (χ2v) is 2.68. The largest absolute Gasteiger partial charge is 0.465 e. The lowest BCUT2D eigenvalue weighted by Gasteiger charge is -2.24. The molecule has 4 nitrogen and oxygen atoms in total. The van der Waals surface area contributed by atoms with Gasteiger partial charge in [-0.2, -0.15) is 0 Å². The maximum absolute atomic E-state index is 11.0. The van der Waals surface area contributed by atoms with Gasteiger partial charge in [-0.3, -0.25) is 0 Å². The quantitative estimate of drug-likeness (QED) is 0.555. The van der Waals surface area contributed by atoms with Crippen molar-refractivity contribution in [3.63, 3.8) is 0 Å². The van der Waals surface area contributed by atoms with Gasteiger partial charge < -0.3 is 15.6 Å². The number of hydrogen-bond donors (Lipinski definition) is 2. The predicted molar refractivity (Wildman–Crippen MR) is 40.9 cm³/mol. The maximum Gasteiger partial charge on any atom is 0.328 e. The topological polar surface area (TPSA) is 72.5 Å². The Morgan fingerprint density at radius 3 is 2.55 bits per heavy atom. The van der Waals surface area contributed by atoms with Crippen molar-refractivity contribution < 1.29 is 14.6 Å². The minimum absolute atomic E-state index is 0.276. The van der Waals surface area contributed by atoms with E-state index >= 15 is 0 Å². The molecule has 0 spiro atoms. The lowest BCUT2D eigenvalue weighted by atomic mass is 9.98. The van der Waals surface area contributed by atoms with Crippen LogP contribution >= 0.6 is 0 Å². The van der Waals surface area contributed by atoms with E-state index in [9.17, 15) is 4.79 Å². The summed E-state index contributed by atoms with van der Waals surface area (Å²) in [5.41, 5.74) is 4.17. The summed E-state index contributed by atoms with van der Waals surface area (Å²) < 4.78 is 4.64. The molecule has 66 valence electrons. The zero-order valence-electron chi connectivity index (χ0n) is 7.13. The molecule has 0 rings (SSSR count). The molecule has 0 saturated carbocycles. The zero-order valence-corrected chi connectivity index (χ0v) is 7.13. The summed E-state index contributed by atoms with van der Waals surface area (Å²) in [6, 6.07) is 0. The van der Waals surface area contributed by atoms with Gasteiger partial charge in [0.2, 0.25) is 0 Å². The molecule has 0 bridgehead atoms. The van der Waals surface area contributed by atoms with E-state index in [2.05, 4.69) is 4.74 Å². The molecule has 0 aromatic rings. The molecule has 0 aromatic carbocycles. The standard InChI is InChI=1S/C7H15NO3/c1-4-11-6(10)7(3,8)5(2)9/h5,9H,4,8H2,1-3H3/t5-,7+/m0/s1. The summed E-state index contributed by atoms with van der Waals surface area (Å²) in [7, 11) is 0. The average Bonchev–Trinajstić information content (AvgIpc) is 1.88. The van der Waals surface area contributed by atoms with E-state index in [1.165, 1.54) is 13.8 Å². The van der Waals surface area contributed by atoms with Gasteiger partial charge in [0, 0.05) is 0 Å². The van der Waals surface area contributed by atoms with Crippen LogP contribution in [0.25, 0.3) is 0 Å². The number of rotatable bonds is 3. The van der Waals surface area contributed by atoms with Crippen LogP contribution in [0, 0.1) is 0 Å². The van der Waals surface area contributed by atoms with Crippen LogP contribution in [-0.4, -0.2) is 29.3 Å². The van der Waals surface area contributed by atoms with Gasteiger partial charge in [0.1, 0.15) is 5.54 Å². The minimum atomic E-state index is -1.30. The summed E-state index contributed by atoms with van der Waals surface area (Å²) in [5, 5.41) is 9.05. The van der Waals surface area contributed by atoms with Crippen LogP contribution in [0.15, 0.2) is 0 Å². The number of aliphatic hydroxyl groups is 1. The van der Waals surface area contributed by atoms with E-state index in [-0.39, 0.29) is 6.61 Å². The molecule has 0 saturated heterocycles. The van der Waals surface area contributed by atoms with E-state index in [1.807, 2.05) is 0 Å². The Balaban J connectivity index is 4.18. The molecular weight excluding hydrogens is 146 g/mol. The Hall–Kier alpha value is -0.610. The molecular formula is C7H15NO3. The Labute approximate surface area is 66.3 Å². The number of nitrogens with two attached hydrogens (primary N) is 1. The summed E-state index contributed by atoms with van der Waals surface area (Å²) in [5.74, 6) is -0.574. The van der Waals surface area contributed by atoms with Crippen molar-refractivity contribution in [3.05, 3.63) is 0 Å². The van der Waals surface area contributed by atoms with Crippen molar-refractivity contribution >= 4 is 5.97 Å². The molecule has 0 unspecified atom stereocenters. The van der Waals surface area contributed by atoms with E-state index in [0.717, 1.165) is 0 Å². The number of ether oxygens (including phenoxy) is 1. The molecule has 0 aliphatic heterocycles. The van der Waals surface area contributed by atoms with E-state index in [1.54, 1.807) is 6.92 Å². The Kier molecular flexibility index (Phi) is 3.48. The second-order valence-electron chi connectivity index (χ2n) is 2.68. The first kappa shape index (κ1) is 10.4. The summed E-state index contributed by atoms with van der Waals surface area (Å²) in [6.45, 7) is 4.86. The molecule has 0 amide bonds. The van der Waals surface area contributed by atoms with Crippen molar-refractivity contribution in [2.75, 3.05) is 6.61 Å². The molecule has 3 N–H and O–H groups in total. The van der Waals surface area contributed by atoms with Gasteiger partial charge in [0.25, 0.3) is 0 Å². The van der Waals surface area contributed by atoms with Crippen LogP contribution in [0.5, 0.6) is 0 Å². The van der Waals surface area contributed by atoms with Crippen LogP contribution < -0.4 is 5.73 Å². The smallest absolute Gasteiger partial charge is 0.328 e. The molecule has 0 fully saturated rings. The molecule has 2 atom stereocenters. The monoisotopic (exact) mass is 161 g/mol. The molecule has 0 aromatic heterocycles. The van der Waals surface area contributed by atoms with E-state index < -0.39 is 17.6 Å². The third-order valence-electron chi connectivity index (χ3n) is 1.58. The van der Waals surface area contributed by atoms with Gasteiger partial charge in [0.15, 0.2) is 0 Å². The van der Waals surface area contributed by atoms with Gasteiger partial charge in [-0.25, -0.2) is 4.79 Å². The van der Waals surface area contributed by atoms with Gasteiger partial charge >= 0.3 is 5.97 Å². The van der Waals surface area contributed by atoms with Crippen LogP contribution in [-0.2, 0) is 9.53 Å². The zero-order chi connectivity index (χ0) is 9.07. The van der Waals surface area contributed by atoms with Gasteiger partial charge in [0.05, 0.1) is 12.7 Å². The van der Waals surface area contributed by atoms with Crippen LogP contribution in [0.4, 0.5) is 0 Å². The van der Waals surface area contributed by atoms with Crippen molar-refractivity contribution in [1.82, 2.24) is 0 Å². The highest BCUT2D eigenvalue weighted by Crippen LogP contribution is 2.07. The number of hydrogen-bond acceptors (Lipinski definition) is 4. The fourth-order valence-corrected chi connectivity index (χ4v) is 0.457. The Morgan fingerprint density at radius 1 is 1.82 bits per heavy atom. The SMILES string of the molecule is CCOC(=O)[C@](C)(N)[C@H](C)O. The van der Waals surface area contributed by atoms with Gasteiger partial charge in [-0.05, 0) is 20.8 Å². The summed E-state index contributed by atoms with van der Waals surface area (Å²) in [4.78, 5) is 11.0. The fraction of sp³-hybridized carbons (Fsp3) is 0.857. The Morgan fingerprint density at radius 2 is 2.27 bits per heavy atom. The van der Waals surface area contributed by atoms with Crippen molar-refractivity contribution in [2.45, 2.75) is 32.4 Å². The van der Waals surface area contributed by atoms with E-state index in [4.69, 9.17) is 10.8 Å². The first-order valence-corrected chi connectivity index (χ1v) is 3.57.